The lowest BCUT2D eigenvalue weighted by Gasteiger charge is -2.38. The van der Waals surface area contributed by atoms with Crippen LogP contribution in [0.2, 0.25) is 0 Å². The Morgan fingerprint density at radius 3 is 2.70 bits per heavy atom. The van der Waals surface area contributed by atoms with Gasteiger partial charge in [-0.25, -0.2) is 4.39 Å². The lowest BCUT2D eigenvalue weighted by Crippen LogP contribution is -2.43. The van der Waals surface area contributed by atoms with Crippen molar-refractivity contribution in [3.63, 3.8) is 0 Å². The van der Waals surface area contributed by atoms with Crippen molar-refractivity contribution in [3.8, 4) is 0 Å². The van der Waals surface area contributed by atoms with Crippen molar-refractivity contribution in [2.45, 2.75) is 39.2 Å². The third-order valence-corrected chi connectivity index (χ3v) is 4.51. The molecule has 0 amide bonds. The van der Waals surface area contributed by atoms with Crippen molar-refractivity contribution in [2.75, 3.05) is 19.8 Å². The van der Waals surface area contributed by atoms with Crippen molar-refractivity contribution in [3.05, 3.63) is 34.1 Å². The smallest absolute Gasteiger partial charge is 0.126 e. The van der Waals surface area contributed by atoms with Crippen LogP contribution in [0.25, 0.3) is 0 Å². The molecule has 1 aromatic rings. The lowest BCUT2D eigenvalue weighted by molar-refractivity contribution is 0.0137. The number of ether oxygens (including phenoxy) is 1. The Labute approximate surface area is 129 Å². The van der Waals surface area contributed by atoms with Crippen LogP contribution in [0, 0.1) is 11.2 Å². The highest BCUT2D eigenvalue weighted by atomic mass is 79.9. The van der Waals surface area contributed by atoms with Crippen LogP contribution in [0.3, 0.4) is 0 Å². The summed E-state index contributed by atoms with van der Waals surface area (Å²) in [4.78, 5) is 0. The molecule has 1 aliphatic rings. The van der Waals surface area contributed by atoms with Gasteiger partial charge >= 0.3 is 0 Å². The summed E-state index contributed by atoms with van der Waals surface area (Å²) in [5.74, 6) is -0.108. The second-order valence-electron chi connectivity index (χ2n) is 6.06. The zero-order valence-corrected chi connectivity index (χ0v) is 13.8. The highest BCUT2D eigenvalue weighted by Gasteiger charge is 2.33. The molecule has 0 radical (unpaired) electrons. The standard InChI is InChI=1S/C16H23BrFNO/c1-12(2)19-11-16(5-7-20-8-6-16)10-13-9-14(17)3-4-15(13)18/h3-4,9,12,19H,5-8,10-11H2,1-2H3. The van der Waals surface area contributed by atoms with Gasteiger partial charge in [-0.1, -0.05) is 29.8 Å². The maximum absolute atomic E-state index is 14.0. The monoisotopic (exact) mass is 343 g/mol. The first-order valence-corrected chi connectivity index (χ1v) is 8.05. The summed E-state index contributed by atoms with van der Waals surface area (Å²) in [6.07, 6.45) is 2.73. The summed E-state index contributed by atoms with van der Waals surface area (Å²) in [5.41, 5.74) is 0.899. The quantitative estimate of drug-likeness (QED) is 0.874. The van der Waals surface area contributed by atoms with E-state index in [9.17, 15) is 4.39 Å². The molecule has 1 N–H and O–H groups in total. The average Bonchev–Trinajstić information content (AvgIpc) is 2.42. The van der Waals surface area contributed by atoms with Crippen molar-refractivity contribution in [2.24, 2.45) is 5.41 Å². The second kappa shape index (κ2) is 7.01. The van der Waals surface area contributed by atoms with Gasteiger partial charge in [0.1, 0.15) is 5.82 Å². The second-order valence-corrected chi connectivity index (χ2v) is 6.98. The average molecular weight is 344 g/mol. The predicted octanol–water partition coefficient (Wildman–Crippen LogP) is 3.93. The van der Waals surface area contributed by atoms with Gasteiger partial charge in [0.25, 0.3) is 0 Å². The molecule has 0 spiro atoms. The van der Waals surface area contributed by atoms with Gasteiger partial charge < -0.3 is 10.1 Å². The molecule has 0 unspecified atom stereocenters. The Kier molecular flexibility index (Phi) is 5.58. The maximum Gasteiger partial charge on any atom is 0.126 e. The molecule has 2 nitrogen and oxygen atoms in total. The van der Waals surface area contributed by atoms with E-state index in [2.05, 4.69) is 35.1 Å². The first-order valence-electron chi connectivity index (χ1n) is 7.26. The summed E-state index contributed by atoms with van der Waals surface area (Å²) in [6, 6.07) is 5.65. The molecule has 0 bridgehead atoms. The van der Waals surface area contributed by atoms with E-state index in [0.29, 0.717) is 6.04 Å². The van der Waals surface area contributed by atoms with E-state index in [1.165, 1.54) is 0 Å². The normalized spacial score (nSPS) is 18.4. The zero-order chi connectivity index (χ0) is 14.6. The highest BCUT2D eigenvalue weighted by molar-refractivity contribution is 9.10. The van der Waals surface area contributed by atoms with Gasteiger partial charge in [0, 0.05) is 30.3 Å². The first-order chi connectivity index (χ1) is 9.51. The van der Waals surface area contributed by atoms with E-state index in [4.69, 9.17) is 4.74 Å². The lowest BCUT2D eigenvalue weighted by atomic mass is 9.75. The molecule has 4 heteroatoms. The molecule has 1 fully saturated rings. The SMILES string of the molecule is CC(C)NCC1(Cc2cc(Br)ccc2F)CCOCC1. The minimum Gasteiger partial charge on any atom is -0.381 e. The van der Waals surface area contributed by atoms with Gasteiger partial charge in [-0.05, 0) is 48.4 Å². The largest absolute Gasteiger partial charge is 0.381 e. The fourth-order valence-electron chi connectivity index (χ4n) is 2.72. The Morgan fingerprint density at radius 1 is 1.35 bits per heavy atom. The van der Waals surface area contributed by atoms with Crippen LogP contribution in [-0.2, 0) is 11.2 Å². The van der Waals surface area contributed by atoms with Crippen LogP contribution in [0.15, 0.2) is 22.7 Å². The Hall–Kier alpha value is -0.450. The fourth-order valence-corrected chi connectivity index (χ4v) is 3.13. The summed E-state index contributed by atoms with van der Waals surface area (Å²) in [5, 5.41) is 3.52. The molecule has 0 saturated carbocycles. The molecule has 1 aliphatic heterocycles. The Morgan fingerprint density at radius 2 is 2.05 bits per heavy atom. The number of hydrogen-bond acceptors (Lipinski definition) is 2. The molecule has 1 saturated heterocycles. The Bertz CT molecular complexity index is 444. The van der Waals surface area contributed by atoms with Crippen molar-refractivity contribution in [1.29, 1.82) is 0 Å². The third-order valence-electron chi connectivity index (χ3n) is 4.01. The highest BCUT2D eigenvalue weighted by Crippen LogP contribution is 2.35. The zero-order valence-electron chi connectivity index (χ0n) is 12.2. The van der Waals surface area contributed by atoms with Crippen molar-refractivity contribution >= 4 is 15.9 Å². The Balaban J connectivity index is 2.16. The third kappa shape index (κ3) is 4.27. The maximum atomic E-state index is 14.0. The van der Waals surface area contributed by atoms with Crippen LogP contribution in [-0.4, -0.2) is 25.8 Å². The van der Waals surface area contributed by atoms with Crippen LogP contribution < -0.4 is 5.32 Å². The number of halogens is 2. The van der Waals surface area contributed by atoms with Crippen molar-refractivity contribution in [1.82, 2.24) is 5.32 Å². The molecule has 0 atom stereocenters. The summed E-state index contributed by atoms with van der Waals surface area (Å²) >= 11 is 3.43. The van der Waals surface area contributed by atoms with Gasteiger partial charge in [0.2, 0.25) is 0 Å². The molecular formula is C16H23BrFNO. The molecule has 1 aromatic carbocycles. The summed E-state index contributed by atoms with van der Waals surface area (Å²) in [7, 11) is 0. The van der Waals surface area contributed by atoms with E-state index in [1.54, 1.807) is 12.1 Å². The molecule has 20 heavy (non-hydrogen) atoms. The molecule has 112 valence electrons. The van der Waals surface area contributed by atoms with Crippen LogP contribution in [0.4, 0.5) is 4.39 Å². The molecule has 0 aliphatic carbocycles. The van der Waals surface area contributed by atoms with E-state index >= 15 is 0 Å². The van der Waals surface area contributed by atoms with Crippen LogP contribution in [0.1, 0.15) is 32.3 Å². The predicted molar refractivity (Wildman–Crippen MR) is 83.4 cm³/mol. The van der Waals surface area contributed by atoms with E-state index in [-0.39, 0.29) is 11.2 Å². The molecule has 0 aromatic heterocycles. The van der Waals surface area contributed by atoms with E-state index in [0.717, 1.165) is 49.1 Å². The number of rotatable bonds is 5. The summed E-state index contributed by atoms with van der Waals surface area (Å²) < 4.78 is 20.5. The number of nitrogens with one attached hydrogen (secondary N) is 1. The summed E-state index contributed by atoms with van der Waals surface area (Å²) in [6.45, 7) is 6.75. The number of hydrogen-bond donors (Lipinski definition) is 1. The van der Waals surface area contributed by atoms with E-state index in [1.807, 2.05) is 6.07 Å². The van der Waals surface area contributed by atoms with Gasteiger partial charge in [-0.15, -0.1) is 0 Å². The minimum atomic E-state index is -0.108. The molecule has 1 heterocycles. The van der Waals surface area contributed by atoms with Crippen LogP contribution >= 0.6 is 15.9 Å². The van der Waals surface area contributed by atoms with Gasteiger partial charge in [0.05, 0.1) is 0 Å². The fraction of sp³-hybridized carbons (Fsp3) is 0.625. The van der Waals surface area contributed by atoms with E-state index < -0.39 is 0 Å². The molecular weight excluding hydrogens is 321 g/mol. The topological polar surface area (TPSA) is 21.3 Å². The number of benzene rings is 1. The van der Waals surface area contributed by atoms with Gasteiger partial charge in [-0.2, -0.15) is 0 Å². The van der Waals surface area contributed by atoms with Crippen molar-refractivity contribution < 1.29 is 9.13 Å². The first kappa shape index (κ1) is 15.9. The van der Waals surface area contributed by atoms with Crippen LogP contribution in [0.5, 0.6) is 0 Å². The van der Waals surface area contributed by atoms with Gasteiger partial charge in [-0.3, -0.25) is 0 Å². The van der Waals surface area contributed by atoms with Gasteiger partial charge in [0.15, 0.2) is 0 Å². The molecule has 2 rings (SSSR count). The minimum absolute atomic E-state index is 0.101.